The summed E-state index contributed by atoms with van der Waals surface area (Å²) in [5.41, 5.74) is 0.882. The van der Waals surface area contributed by atoms with Crippen LogP contribution in [0.1, 0.15) is 46.4 Å². The Bertz CT molecular complexity index is 366. The zero-order valence-corrected chi connectivity index (χ0v) is 11.3. The second-order valence-electron chi connectivity index (χ2n) is 4.92. The molecule has 1 unspecified atom stereocenters. The fraction of sp³-hybridized carbons (Fsp3) is 0.636. The lowest BCUT2D eigenvalue weighted by molar-refractivity contribution is 0.561. The highest BCUT2D eigenvalue weighted by Gasteiger charge is 2.25. The van der Waals surface area contributed by atoms with Crippen LogP contribution in [0.15, 0.2) is 16.9 Å². The largest absolute Gasteiger partial charge is 0.591 e. The molecule has 1 rings (SSSR count). The number of rotatable bonds is 3. The van der Waals surface area contributed by atoms with E-state index in [1.54, 1.807) is 18.7 Å². The fourth-order valence-corrected chi connectivity index (χ4v) is 1.63. The maximum absolute atomic E-state index is 11.7. The maximum atomic E-state index is 11.7. The molecule has 0 radical (unpaired) electrons. The first-order valence-electron chi connectivity index (χ1n) is 5.30. The van der Waals surface area contributed by atoms with E-state index in [1.807, 2.05) is 25.3 Å². The molecule has 0 bridgehead atoms. The van der Waals surface area contributed by atoms with Crippen molar-refractivity contribution in [2.75, 3.05) is 0 Å². The van der Waals surface area contributed by atoms with Crippen molar-refractivity contribution in [1.29, 1.82) is 0 Å². The van der Waals surface area contributed by atoms with Crippen LogP contribution < -0.4 is 0 Å². The smallest absolute Gasteiger partial charge is 0.144 e. The normalized spacial score (nSPS) is 14.9. The third kappa shape index (κ3) is 3.35. The first-order valence-corrected chi connectivity index (χ1v) is 6.41. The molecular weight excluding hydrogens is 222 g/mol. The van der Waals surface area contributed by atoms with E-state index in [-0.39, 0.29) is 4.75 Å². The van der Waals surface area contributed by atoms with E-state index < -0.39 is 11.4 Å². The Labute approximate surface area is 100 Å². The molecule has 1 atom stereocenters. The lowest BCUT2D eigenvalue weighted by Crippen LogP contribution is -2.26. The van der Waals surface area contributed by atoms with Crippen molar-refractivity contribution in [2.24, 2.45) is 4.40 Å². The molecule has 0 saturated heterocycles. The molecule has 90 valence electrons. The summed E-state index contributed by atoms with van der Waals surface area (Å²) in [5, 5.41) is 0. The number of hydrogen-bond donors (Lipinski definition) is 0. The van der Waals surface area contributed by atoms with Gasteiger partial charge in [0, 0.05) is 6.04 Å². The summed E-state index contributed by atoms with van der Waals surface area (Å²) in [5.74, 6) is 0. The monoisotopic (exact) mass is 241 g/mol. The van der Waals surface area contributed by atoms with Crippen LogP contribution in [0.2, 0.25) is 0 Å². The van der Waals surface area contributed by atoms with Crippen LogP contribution in [-0.2, 0) is 11.4 Å². The van der Waals surface area contributed by atoms with Crippen molar-refractivity contribution in [3.05, 3.63) is 18.2 Å². The van der Waals surface area contributed by atoms with Gasteiger partial charge in [0.25, 0.3) is 0 Å². The molecule has 0 amide bonds. The molecular formula is C11H19N3OS. The van der Waals surface area contributed by atoms with Gasteiger partial charge in [0.05, 0.1) is 18.2 Å². The minimum Gasteiger partial charge on any atom is -0.591 e. The van der Waals surface area contributed by atoms with Gasteiger partial charge in [-0.25, -0.2) is 4.98 Å². The molecule has 0 aromatic carbocycles. The topological polar surface area (TPSA) is 53.2 Å². The summed E-state index contributed by atoms with van der Waals surface area (Å²) in [7, 11) is 0. The highest BCUT2D eigenvalue weighted by molar-refractivity contribution is 7.91. The van der Waals surface area contributed by atoms with Gasteiger partial charge in [-0.1, -0.05) is 4.40 Å². The fourth-order valence-electron chi connectivity index (χ4n) is 1.11. The number of aromatic nitrogens is 2. The van der Waals surface area contributed by atoms with Crippen molar-refractivity contribution >= 4 is 17.6 Å². The van der Waals surface area contributed by atoms with E-state index in [9.17, 15) is 4.55 Å². The second kappa shape index (κ2) is 5.01. The van der Waals surface area contributed by atoms with Gasteiger partial charge in [0.15, 0.2) is 0 Å². The molecule has 16 heavy (non-hydrogen) atoms. The van der Waals surface area contributed by atoms with Crippen molar-refractivity contribution in [3.63, 3.8) is 0 Å². The van der Waals surface area contributed by atoms with Crippen LogP contribution in [-0.4, -0.2) is 25.1 Å². The Morgan fingerprint density at radius 1 is 1.50 bits per heavy atom. The maximum Gasteiger partial charge on any atom is 0.144 e. The second-order valence-corrected chi connectivity index (χ2v) is 6.85. The molecule has 0 spiro atoms. The molecule has 5 heteroatoms. The van der Waals surface area contributed by atoms with Crippen LogP contribution in [0, 0.1) is 0 Å². The van der Waals surface area contributed by atoms with Gasteiger partial charge in [-0.05, 0) is 34.6 Å². The van der Waals surface area contributed by atoms with Gasteiger partial charge in [0.2, 0.25) is 0 Å². The standard InChI is InChI=1S/C11H19N3OS/c1-9(2)14-8-12-6-10(14)7-13-16(15)11(3,4)5/h6-9H,1-5H3/b13-7+. The summed E-state index contributed by atoms with van der Waals surface area (Å²) >= 11 is -1.22. The molecule has 0 saturated carbocycles. The zero-order chi connectivity index (χ0) is 12.3. The lowest BCUT2D eigenvalue weighted by atomic mass is 10.3. The van der Waals surface area contributed by atoms with E-state index in [0.29, 0.717) is 6.04 Å². The Morgan fingerprint density at radius 2 is 2.12 bits per heavy atom. The lowest BCUT2D eigenvalue weighted by Gasteiger charge is -2.17. The van der Waals surface area contributed by atoms with E-state index in [1.165, 1.54) is 0 Å². The Balaban J connectivity index is 2.81. The van der Waals surface area contributed by atoms with E-state index in [4.69, 9.17) is 0 Å². The third-order valence-corrected chi connectivity index (χ3v) is 3.40. The van der Waals surface area contributed by atoms with E-state index >= 15 is 0 Å². The summed E-state index contributed by atoms with van der Waals surface area (Å²) in [6, 6.07) is 0.326. The van der Waals surface area contributed by atoms with Crippen LogP contribution in [0.5, 0.6) is 0 Å². The Morgan fingerprint density at radius 3 is 2.62 bits per heavy atom. The van der Waals surface area contributed by atoms with Gasteiger partial charge in [-0.15, -0.1) is 0 Å². The van der Waals surface area contributed by atoms with E-state index in [0.717, 1.165) is 5.69 Å². The quantitative estimate of drug-likeness (QED) is 0.602. The number of imidazole rings is 1. The minimum atomic E-state index is -1.22. The molecule has 1 heterocycles. The predicted octanol–water partition coefficient (Wildman–Crippen LogP) is 2.35. The van der Waals surface area contributed by atoms with Gasteiger partial charge in [-0.2, -0.15) is 0 Å². The van der Waals surface area contributed by atoms with Crippen LogP contribution in [0.25, 0.3) is 0 Å². The van der Waals surface area contributed by atoms with Crippen molar-refractivity contribution in [1.82, 2.24) is 9.55 Å². The van der Waals surface area contributed by atoms with Gasteiger partial charge >= 0.3 is 0 Å². The number of nitrogens with zero attached hydrogens (tertiary/aromatic N) is 3. The molecule has 0 fully saturated rings. The molecule has 1 aromatic heterocycles. The Hall–Kier alpha value is -0.810. The average Bonchev–Trinajstić information content (AvgIpc) is 2.60. The van der Waals surface area contributed by atoms with Crippen molar-refractivity contribution < 1.29 is 4.55 Å². The van der Waals surface area contributed by atoms with Crippen molar-refractivity contribution in [3.8, 4) is 0 Å². The molecule has 1 aromatic rings. The van der Waals surface area contributed by atoms with Crippen LogP contribution >= 0.6 is 0 Å². The molecule has 0 aliphatic heterocycles. The predicted molar refractivity (Wildman–Crippen MR) is 68.1 cm³/mol. The highest BCUT2D eigenvalue weighted by Crippen LogP contribution is 2.17. The minimum absolute atomic E-state index is 0.320. The summed E-state index contributed by atoms with van der Waals surface area (Å²) in [6.07, 6.45) is 5.11. The molecule has 0 N–H and O–H groups in total. The summed E-state index contributed by atoms with van der Waals surface area (Å²) in [4.78, 5) is 4.06. The molecule has 0 aliphatic rings. The first kappa shape index (κ1) is 13.3. The SMILES string of the molecule is CC(C)n1cncc1/C=N/[S+]([O-])C(C)(C)C. The molecule has 0 aliphatic carbocycles. The first-order chi connectivity index (χ1) is 7.32. The van der Waals surface area contributed by atoms with Crippen LogP contribution in [0.4, 0.5) is 0 Å². The number of hydrogen-bond acceptors (Lipinski definition) is 3. The van der Waals surface area contributed by atoms with Gasteiger partial charge < -0.3 is 9.12 Å². The van der Waals surface area contributed by atoms with Gasteiger partial charge in [-0.3, -0.25) is 0 Å². The highest BCUT2D eigenvalue weighted by atomic mass is 32.2. The van der Waals surface area contributed by atoms with Crippen LogP contribution in [0.3, 0.4) is 0 Å². The van der Waals surface area contributed by atoms with Gasteiger partial charge in [0.1, 0.15) is 22.3 Å². The third-order valence-electron chi connectivity index (χ3n) is 2.06. The molecule has 4 nitrogen and oxygen atoms in total. The summed E-state index contributed by atoms with van der Waals surface area (Å²) in [6.45, 7) is 9.85. The zero-order valence-electron chi connectivity index (χ0n) is 10.5. The van der Waals surface area contributed by atoms with Crippen molar-refractivity contribution in [2.45, 2.75) is 45.4 Å². The Kier molecular flexibility index (Phi) is 4.15. The summed E-state index contributed by atoms with van der Waals surface area (Å²) < 4.78 is 17.5. The van der Waals surface area contributed by atoms with E-state index in [2.05, 4.69) is 23.2 Å². The average molecular weight is 241 g/mol.